The molecule has 0 aromatic rings. The molecule has 0 rings (SSSR count). The van der Waals surface area contributed by atoms with Crippen molar-refractivity contribution in [3.63, 3.8) is 0 Å². The zero-order valence-electron chi connectivity index (χ0n) is 9.80. The minimum Gasteiger partial charge on any atom is -0.545 e. The van der Waals surface area contributed by atoms with Gasteiger partial charge in [0.05, 0.1) is 0 Å². The molecule has 1 radical (unpaired) electrons. The molecule has 0 aliphatic carbocycles. The Kier molecular flexibility index (Phi) is 36.9. The van der Waals surface area contributed by atoms with Crippen LogP contribution < -0.4 is 0 Å². The summed E-state index contributed by atoms with van der Waals surface area (Å²) in [6.45, 7) is 21.3. The van der Waals surface area contributed by atoms with Gasteiger partial charge in [0.25, 0.3) is 0 Å². The van der Waals surface area contributed by atoms with Gasteiger partial charge in [-0.25, -0.2) is 23.3 Å². The number of hydrogen-bond donors (Lipinski definition) is 0. The molecule has 0 N–H and O–H groups in total. The van der Waals surface area contributed by atoms with E-state index in [0.29, 0.717) is 0 Å². The average Bonchev–Trinajstić information content (AvgIpc) is 2.30. The van der Waals surface area contributed by atoms with E-state index < -0.39 is 0 Å². The molecular weight excluding hydrogens is 273 g/mol. The van der Waals surface area contributed by atoms with E-state index in [1.165, 1.54) is 0 Å². The van der Waals surface area contributed by atoms with Crippen LogP contribution >= 0.6 is 0 Å². The van der Waals surface area contributed by atoms with Crippen LogP contribution in [0.4, 0.5) is 0 Å². The summed E-state index contributed by atoms with van der Waals surface area (Å²) in [7, 11) is 0. The van der Waals surface area contributed by atoms with Gasteiger partial charge in [0.2, 0.25) is 0 Å². The third-order valence-electron chi connectivity index (χ3n) is 1.44. The summed E-state index contributed by atoms with van der Waals surface area (Å²) in [6, 6.07) is 0. The maximum absolute atomic E-state index is 7.75. The normalized spacial score (nSPS) is 9.33. The monoisotopic (exact) mass is 293 g/mol. The molecule has 0 unspecified atom stereocenters. The van der Waals surface area contributed by atoms with Crippen molar-refractivity contribution in [1.29, 1.82) is 0 Å². The SMILES string of the molecule is [CH-]=CC(C)=CC.[CH-]=CC(C)=CC.[CH-]=O.[Ru+3]. The Hall–Kier alpha value is -0.747. The van der Waals surface area contributed by atoms with E-state index in [9.17, 15) is 0 Å². The minimum absolute atomic E-state index is 0. The molecule has 0 heterocycles. The van der Waals surface area contributed by atoms with Crippen LogP contribution in [-0.4, -0.2) is 6.79 Å². The minimum atomic E-state index is 0. The van der Waals surface area contributed by atoms with Gasteiger partial charge in [0.1, 0.15) is 0 Å². The summed E-state index contributed by atoms with van der Waals surface area (Å²) in [5.41, 5.74) is 2.24. The molecule has 85 valence electrons. The molecule has 0 saturated carbocycles. The van der Waals surface area contributed by atoms with Crippen molar-refractivity contribution in [2.24, 2.45) is 0 Å². The molecule has 0 spiro atoms. The Bertz CT molecular complexity index is 181. The standard InChI is InChI=1S/2C6H9.CHO.Ru/c2*1-4-6(3)5-2;1-2;/h2*1,4-5H,2-3H3;1H;/q3*-1;+3. The summed E-state index contributed by atoms with van der Waals surface area (Å²) in [5, 5.41) is 0. The Balaban J connectivity index is -0.0000000653. The second-order valence-corrected chi connectivity index (χ2v) is 2.40. The number of rotatable bonds is 2. The summed E-state index contributed by atoms with van der Waals surface area (Å²) in [4.78, 5) is 7.75. The quantitative estimate of drug-likeness (QED) is 0.329. The van der Waals surface area contributed by atoms with Crippen molar-refractivity contribution in [1.82, 2.24) is 0 Å². The molecule has 0 amide bonds. The maximum atomic E-state index is 7.75. The van der Waals surface area contributed by atoms with Crippen LogP contribution in [0.15, 0.2) is 35.5 Å². The van der Waals surface area contributed by atoms with E-state index in [4.69, 9.17) is 18.0 Å². The fourth-order valence-electron chi connectivity index (χ4n) is 0.192. The first-order valence-corrected chi connectivity index (χ1v) is 4.21. The van der Waals surface area contributed by atoms with Gasteiger partial charge in [0, 0.05) is 0 Å². The third-order valence-corrected chi connectivity index (χ3v) is 1.44. The predicted octanol–water partition coefficient (Wildman–Crippen LogP) is 3.61. The van der Waals surface area contributed by atoms with Crippen LogP contribution in [0, 0.1) is 13.2 Å². The summed E-state index contributed by atoms with van der Waals surface area (Å²) < 4.78 is 0. The number of hydrogen-bond acceptors (Lipinski definition) is 1. The van der Waals surface area contributed by atoms with Gasteiger partial charge in [-0.05, 0) is 0 Å². The van der Waals surface area contributed by atoms with Gasteiger partial charge in [-0.3, -0.25) is 19.9 Å². The molecule has 0 aliphatic heterocycles. The fraction of sp³-hybridized carbons (Fsp3) is 0.308. The van der Waals surface area contributed by atoms with Gasteiger partial charge in [-0.15, -0.1) is 13.8 Å². The van der Waals surface area contributed by atoms with E-state index in [1.54, 1.807) is 12.2 Å². The Morgan fingerprint density at radius 3 is 1.07 bits per heavy atom. The topological polar surface area (TPSA) is 17.1 Å². The second-order valence-electron chi connectivity index (χ2n) is 2.40. The molecule has 0 aromatic carbocycles. The van der Waals surface area contributed by atoms with Crippen molar-refractivity contribution >= 4 is 6.79 Å². The van der Waals surface area contributed by atoms with Crippen LogP contribution in [0.5, 0.6) is 0 Å². The summed E-state index contributed by atoms with van der Waals surface area (Å²) >= 11 is 0. The maximum Gasteiger partial charge on any atom is 3.00 e. The van der Waals surface area contributed by atoms with Crippen molar-refractivity contribution in [3.8, 4) is 0 Å². The van der Waals surface area contributed by atoms with Gasteiger partial charge < -0.3 is 4.79 Å². The molecule has 0 fully saturated rings. The zero-order valence-corrected chi connectivity index (χ0v) is 11.5. The molecule has 0 aliphatic rings. The molecular formula is C13H19ORu. The first kappa shape index (κ1) is 23.8. The summed E-state index contributed by atoms with van der Waals surface area (Å²) in [5.74, 6) is 0. The molecule has 0 aromatic heterocycles. The molecule has 0 saturated heterocycles. The molecule has 2 heteroatoms. The first-order chi connectivity index (χ1) is 6.62. The first-order valence-electron chi connectivity index (χ1n) is 4.21. The largest absolute Gasteiger partial charge is 3.00 e. The smallest absolute Gasteiger partial charge is 0.545 e. The average molecular weight is 292 g/mol. The van der Waals surface area contributed by atoms with E-state index in [-0.39, 0.29) is 19.5 Å². The van der Waals surface area contributed by atoms with Crippen molar-refractivity contribution in [2.45, 2.75) is 27.7 Å². The zero-order chi connectivity index (χ0) is 12.0. The molecule has 1 nitrogen and oxygen atoms in total. The van der Waals surface area contributed by atoms with Crippen molar-refractivity contribution in [2.75, 3.05) is 0 Å². The second kappa shape index (κ2) is 23.2. The number of carbonyl (C=O) groups excluding carboxylic acids is 1. The predicted molar refractivity (Wildman–Crippen MR) is 63.4 cm³/mol. The van der Waals surface area contributed by atoms with E-state index >= 15 is 0 Å². The molecule has 15 heavy (non-hydrogen) atoms. The number of allylic oxidation sites excluding steroid dienone is 6. The van der Waals surface area contributed by atoms with E-state index in [0.717, 1.165) is 11.1 Å². The Labute approximate surface area is 107 Å². The summed E-state index contributed by atoms with van der Waals surface area (Å²) in [6.07, 6.45) is 7.08. The van der Waals surface area contributed by atoms with E-state index in [1.807, 2.05) is 39.8 Å². The fourth-order valence-corrected chi connectivity index (χ4v) is 0.192. The van der Waals surface area contributed by atoms with Crippen LogP contribution in [0.2, 0.25) is 0 Å². The third kappa shape index (κ3) is 31.9. The Morgan fingerprint density at radius 2 is 1.07 bits per heavy atom. The van der Waals surface area contributed by atoms with Crippen LogP contribution in [0.3, 0.4) is 0 Å². The van der Waals surface area contributed by atoms with Gasteiger partial charge in [0.15, 0.2) is 0 Å². The van der Waals surface area contributed by atoms with Gasteiger partial charge in [-0.2, -0.15) is 12.2 Å². The van der Waals surface area contributed by atoms with Crippen LogP contribution in [-0.2, 0) is 24.3 Å². The van der Waals surface area contributed by atoms with Crippen LogP contribution in [0.25, 0.3) is 0 Å². The van der Waals surface area contributed by atoms with Crippen molar-refractivity contribution in [3.05, 3.63) is 48.6 Å². The van der Waals surface area contributed by atoms with Gasteiger partial charge in [-0.1, -0.05) is 13.8 Å². The van der Waals surface area contributed by atoms with Crippen molar-refractivity contribution < 1.29 is 24.3 Å². The van der Waals surface area contributed by atoms with Gasteiger partial charge >= 0.3 is 19.5 Å². The molecule has 0 bridgehead atoms. The van der Waals surface area contributed by atoms with Crippen LogP contribution in [0.1, 0.15) is 27.7 Å². The Morgan fingerprint density at radius 1 is 0.867 bits per heavy atom. The van der Waals surface area contributed by atoms with E-state index in [2.05, 4.69) is 6.79 Å². The molecule has 0 atom stereocenters.